The molecule has 0 aliphatic carbocycles. The summed E-state index contributed by atoms with van der Waals surface area (Å²) in [6.45, 7) is 4.44. The Kier molecular flexibility index (Phi) is 4.81. The minimum atomic E-state index is 0.190. The van der Waals surface area contributed by atoms with E-state index in [4.69, 9.17) is 0 Å². The highest BCUT2D eigenvalue weighted by Crippen LogP contribution is 2.34. The van der Waals surface area contributed by atoms with Crippen molar-refractivity contribution in [3.8, 4) is 0 Å². The number of rotatable bonds is 5. The van der Waals surface area contributed by atoms with Crippen molar-refractivity contribution in [2.45, 2.75) is 32.1 Å². The molecule has 1 unspecified atom stereocenters. The summed E-state index contributed by atoms with van der Waals surface area (Å²) in [5.41, 5.74) is 4.38. The molecular formula is C18H21Br. The molecule has 2 rings (SSSR count). The van der Waals surface area contributed by atoms with E-state index >= 15 is 0 Å². The van der Waals surface area contributed by atoms with Gasteiger partial charge >= 0.3 is 0 Å². The van der Waals surface area contributed by atoms with Crippen LogP contribution in [0.3, 0.4) is 0 Å². The Bertz CT molecular complexity index is 512. The molecule has 0 nitrogen and oxygen atoms in total. The minimum absolute atomic E-state index is 0.190. The summed E-state index contributed by atoms with van der Waals surface area (Å²) >= 11 is 3.75. The molecule has 0 aliphatic heterocycles. The summed E-state index contributed by atoms with van der Waals surface area (Å²) < 4.78 is 0. The predicted octanol–water partition coefficient (Wildman–Crippen LogP) is 5.28. The number of aryl methyl sites for hydroxylation is 1. The van der Waals surface area contributed by atoms with Gasteiger partial charge in [0.25, 0.3) is 0 Å². The lowest BCUT2D eigenvalue weighted by atomic mass is 9.75. The normalized spacial score (nSPS) is 14.1. The van der Waals surface area contributed by atoms with Crippen molar-refractivity contribution in [3.05, 3.63) is 71.3 Å². The van der Waals surface area contributed by atoms with Gasteiger partial charge in [-0.15, -0.1) is 0 Å². The van der Waals surface area contributed by atoms with Crippen LogP contribution in [0.25, 0.3) is 0 Å². The second-order valence-corrected chi connectivity index (χ2v) is 5.86. The second kappa shape index (κ2) is 6.38. The van der Waals surface area contributed by atoms with Crippen LogP contribution in [0.2, 0.25) is 0 Å². The van der Waals surface area contributed by atoms with Crippen molar-refractivity contribution in [3.63, 3.8) is 0 Å². The second-order valence-electron chi connectivity index (χ2n) is 5.30. The Morgan fingerprint density at radius 2 is 1.74 bits per heavy atom. The molecule has 0 radical (unpaired) electrons. The standard InChI is InChI=1S/C18H21Br/c1-3-18(14-19,17-10-5-4-6-11-17)13-16-9-7-8-15(2)12-16/h4-12H,3,13-14H2,1-2H3. The van der Waals surface area contributed by atoms with Crippen molar-refractivity contribution >= 4 is 15.9 Å². The van der Waals surface area contributed by atoms with Crippen molar-refractivity contribution in [2.24, 2.45) is 0 Å². The lowest BCUT2D eigenvalue weighted by Crippen LogP contribution is -2.30. The van der Waals surface area contributed by atoms with Crippen LogP contribution in [0, 0.1) is 6.92 Å². The van der Waals surface area contributed by atoms with Gasteiger partial charge in [-0.2, -0.15) is 0 Å². The van der Waals surface area contributed by atoms with E-state index < -0.39 is 0 Å². The van der Waals surface area contributed by atoms with Gasteiger partial charge in [0.1, 0.15) is 0 Å². The summed E-state index contributed by atoms with van der Waals surface area (Å²) in [6, 6.07) is 19.7. The van der Waals surface area contributed by atoms with Crippen LogP contribution in [0.15, 0.2) is 54.6 Å². The maximum absolute atomic E-state index is 3.75. The quantitative estimate of drug-likeness (QED) is 0.658. The molecule has 2 aromatic rings. The lowest BCUT2D eigenvalue weighted by molar-refractivity contribution is 0.464. The fourth-order valence-electron chi connectivity index (χ4n) is 2.65. The summed E-state index contributed by atoms with van der Waals surface area (Å²) in [5.74, 6) is 0. The fraction of sp³-hybridized carbons (Fsp3) is 0.333. The van der Waals surface area contributed by atoms with E-state index in [-0.39, 0.29) is 5.41 Å². The average Bonchev–Trinajstić information content (AvgIpc) is 2.46. The SMILES string of the molecule is CCC(CBr)(Cc1cccc(C)c1)c1ccccc1. The molecule has 0 saturated carbocycles. The first-order chi connectivity index (χ1) is 9.20. The maximum atomic E-state index is 3.75. The number of halogens is 1. The van der Waals surface area contributed by atoms with E-state index in [0.29, 0.717) is 0 Å². The zero-order chi connectivity index (χ0) is 13.7. The summed E-state index contributed by atoms with van der Waals surface area (Å²) in [7, 11) is 0. The number of hydrogen-bond acceptors (Lipinski definition) is 0. The van der Waals surface area contributed by atoms with Gasteiger partial charge in [0, 0.05) is 10.7 Å². The van der Waals surface area contributed by atoms with Gasteiger partial charge in [-0.05, 0) is 30.9 Å². The molecule has 0 saturated heterocycles. The lowest BCUT2D eigenvalue weighted by Gasteiger charge is -2.32. The summed E-state index contributed by atoms with van der Waals surface area (Å²) in [6.07, 6.45) is 2.22. The third-order valence-electron chi connectivity index (χ3n) is 3.94. The Hall–Kier alpha value is -1.08. The molecule has 100 valence electrons. The van der Waals surface area contributed by atoms with Crippen LogP contribution in [0.5, 0.6) is 0 Å². The summed E-state index contributed by atoms with van der Waals surface area (Å²) in [4.78, 5) is 0. The first-order valence-corrected chi connectivity index (χ1v) is 7.99. The van der Waals surface area contributed by atoms with Gasteiger partial charge in [0.05, 0.1) is 0 Å². The summed E-state index contributed by atoms with van der Waals surface area (Å²) in [5, 5.41) is 0.994. The molecule has 2 aromatic carbocycles. The van der Waals surface area contributed by atoms with Crippen molar-refractivity contribution in [1.29, 1.82) is 0 Å². The highest BCUT2D eigenvalue weighted by molar-refractivity contribution is 9.09. The van der Waals surface area contributed by atoms with Crippen LogP contribution in [0.1, 0.15) is 30.0 Å². The van der Waals surface area contributed by atoms with Crippen LogP contribution in [0.4, 0.5) is 0 Å². The Balaban J connectivity index is 2.35. The van der Waals surface area contributed by atoms with Crippen LogP contribution in [-0.4, -0.2) is 5.33 Å². The van der Waals surface area contributed by atoms with Crippen molar-refractivity contribution < 1.29 is 0 Å². The van der Waals surface area contributed by atoms with E-state index in [1.165, 1.54) is 16.7 Å². The first-order valence-electron chi connectivity index (χ1n) is 6.87. The average molecular weight is 317 g/mol. The first kappa shape index (κ1) is 14.3. The number of alkyl halides is 1. The molecule has 0 aliphatic rings. The van der Waals surface area contributed by atoms with E-state index in [0.717, 1.165) is 18.2 Å². The van der Waals surface area contributed by atoms with E-state index in [2.05, 4.69) is 84.4 Å². The number of hydrogen-bond donors (Lipinski definition) is 0. The largest absolute Gasteiger partial charge is 0.0918 e. The highest BCUT2D eigenvalue weighted by Gasteiger charge is 2.29. The Morgan fingerprint density at radius 3 is 2.32 bits per heavy atom. The zero-order valence-corrected chi connectivity index (χ0v) is 13.3. The molecule has 0 fully saturated rings. The smallest absolute Gasteiger partial charge is 0.0132 e. The molecule has 0 heterocycles. The van der Waals surface area contributed by atoms with E-state index in [1.807, 2.05) is 0 Å². The molecule has 19 heavy (non-hydrogen) atoms. The van der Waals surface area contributed by atoms with Crippen LogP contribution in [-0.2, 0) is 11.8 Å². The van der Waals surface area contributed by atoms with Crippen molar-refractivity contribution in [2.75, 3.05) is 5.33 Å². The van der Waals surface area contributed by atoms with Gasteiger partial charge in [0.15, 0.2) is 0 Å². The van der Waals surface area contributed by atoms with Crippen LogP contribution < -0.4 is 0 Å². The molecule has 0 N–H and O–H groups in total. The Morgan fingerprint density at radius 1 is 1.00 bits per heavy atom. The molecule has 1 atom stereocenters. The predicted molar refractivity (Wildman–Crippen MR) is 87.1 cm³/mol. The third-order valence-corrected chi connectivity index (χ3v) is 5.02. The topological polar surface area (TPSA) is 0 Å². The monoisotopic (exact) mass is 316 g/mol. The fourth-order valence-corrected chi connectivity index (χ4v) is 3.57. The van der Waals surface area contributed by atoms with E-state index in [1.54, 1.807) is 0 Å². The van der Waals surface area contributed by atoms with Crippen LogP contribution >= 0.6 is 15.9 Å². The van der Waals surface area contributed by atoms with E-state index in [9.17, 15) is 0 Å². The van der Waals surface area contributed by atoms with Gasteiger partial charge < -0.3 is 0 Å². The molecule has 0 spiro atoms. The van der Waals surface area contributed by atoms with Crippen molar-refractivity contribution in [1.82, 2.24) is 0 Å². The van der Waals surface area contributed by atoms with Gasteiger partial charge in [-0.25, -0.2) is 0 Å². The maximum Gasteiger partial charge on any atom is 0.0132 e. The molecular weight excluding hydrogens is 296 g/mol. The molecule has 0 amide bonds. The molecule has 0 bridgehead atoms. The third kappa shape index (κ3) is 3.27. The molecule has 1 heteroatoms. The molecule has 0 aromatic heterocycles. The van der Waals surface area contributed by atoms with Gasteiger partial charge in [-0.3, -0.25) is 0 Å². The Labute approximate surface area is 125 Å². The minimum Gasteiger partial charge on any atom is -0.0918 e. The zero-order valence-electron chi connectivity index (χ0n) is 11.7. The highest BCUT2D eigenvalue weighted by atomic mass is 79.9. The van der Waals surface area contributed by atoms with Gasteiger partial charge in [0.2, 0.25) is 0 Å². The van der Waals surface area contributed by atoms with Gasteiger partial charge in [-0.1, -0.05) is 83.0 Å². The number of benzene rings is 2.